The summed E-state index contributed by atoms with van der Waals surface area (Å²) in [5.74, 6) is 0.836. The van der Waals surface area contributed by atoms with Gasteiger partial charge in [0.2, 0.25) is 0 Å². The zero-order valence-corrected chi connectivity index (χ0v) is 17.9. The van der Waals surface area contributed by atoms with E-state index in [2.05, 4.69) is 109 Å². The third-order valence-corrected chi connectivity index (χ3v) is 5.10. The summed E-state index contributed by atoms with van der Waals surface area (Å²) in [6.45, 7) is 4.18. The smallest absolute Gasteiger partial charge is 0.134 e. The second-order valence-electron chi connectivity index (χ2n) is 7.68. The lowest BCUT2D eigenvalue weighted by atomic mass is 10.0. The minimum atomic E-state index is -0.147. The van der Waals surface area contributed by atoms with Crippen LogP contribution in [0.4, 0.5) is 17.1 Å². The highest BCUT2D eigenvalue weighted by Crippen LogP contribution is 2.25. The molecule has 0 spiro atoms. The van der Waals surface area contributed by atoms with E-state index in [4.69, 9.17) is 4.99 Å². The third-order valence-electron chi connectivity index (χ3n) is 5.10. The van der Waals surface area contributed by atoms with E-state index >= 15 is 0 Å². The molecule has 0 amide bonds. The monoisotopic (exact) mass is 405 g/mol. The van der Waals surface area contributed by atoms with E-state index in [1.807, 2.05) is 24.3 Å². The SMILES string of the molecule is Cc1ccc(N=C(Nc2ccc(C)cc2)C(Nc2ccccc2)c2ccccc2)cc1. The lowest BCUT2D eigenvalue weighted by Gasteiger charge is -2.24. The molecule has 4 aromatic carbocycles. The number of hydrogen-bond acceptors (Lipinski definition) is 2. The number of nitrogens with zero attached hydrogens (tertiary/aromatic N) is 1. The largest absolute Gasteiger partial charge is 0.372 e. The van der Waals surface area contributed by atoms with Gasteiger partial charge >= 0.3 is 0 Å². The molecule has 0 heterocycles. The van der Waals surface area contributed by atoms with Crippen LogP contribution in [0.3, 0.4) is 0 Å². The summed E-state index contributed by atoms with van der Waals surface area (Å²) in [5, 5.41) is 7.24. The summed E-state index contributed by atoms with van der Waals surface area (Å²) in [6.07, 6.45) is 0. The van der Waals surface area contributed by atoms with E-state index in [1.165, 1.54) is 11.1 Å². The maximum Gasteiger partial charge on any atom is 0.134 e. The molecule has 3 nitrogen and oxygen atoms in total. The molecule has 0 aliphatic carbocycles. The van der Waals surface area contributed by atoms with Crippen molar-refractivity contribution >= 4 is 22.9 Å². The summed E-state index contributed by atoms with van der Waals surface area (Å²) in [7, 11) is 0. The molecule has 0 radical (unpaired) electrons. The Bertz CT molecular complexity index is 1120. The molecule has 154 valence electrons. The van der Waals surface area contributed by atoms with Gasteiger partial charge in [-0.25, -0.2) is 4.99 Å². The summed E-state index contributed by atoms with van der Waals surface area (Å²) < 4.78 is 0. The molecule has 1 unspecified atom stereocenters. The number of hydrogen-bond donors (Lipinski definition) is 2. The Hall–Kier alpha value is -3.85. The lowest BCUT2D eigenvalue weighted by Crippen LogP contribution is -2.27. The van der Waals surface area contributed by atoms with Crippen LogP contribution in [0.15, 0.2) is 114 Å². The first kappa shape index (κ1) is 20.4. The van der Waals surface area contributed by atoms with Crippen molar-refractivity contribution in [2.45, 2.75) is 19.9 Å². The van der Waals surface area contributed by atoms with E-state index in [1.54, 1.807) is 0 Å². The number of aliphatic imine (C=N–C) groups is 1. The lowest BCUT2D eigenvalue weighted by molar-refractivity contribution is 1.03. The number of anilines is 2. The minimum absolute atomic E-state index is 0.147. The molecule has 2 N–H and O–H groups in total. The standard InChI is InChI=1S/C28H27N3/c1-21-13-17-25(18-14-21)30-28(31-26-19-15-22(2)16-20-26)27(23-9-5-3-6-10-23)29-24-11-7-4-8-12-24/h3-20,27,29H,1-2H3,(H,30,31). The second-order valence-corrected chi connectivity index (χ2v) is 7.68. The summed E-state index contributed by atoms with van der Waals surface area (Å²) in [5.41, 5.74) is 6.54. The van der Waals surface area contributed by atoms with E-state index in [-0.39, 0.29) is 6.04 Å². The number of para-hydroxylation sites is 1. The fraction of sp³-hybridized carbons (Fsp3) is 0.107. The van der Waals surface area contributed by atoms with Gasteiger partial charge in [0.05, 0.1) is 5.69 Å². The van der Waals surface area contributed by atoms with Crippen LogP contribution in [0.5, 0.6) is 0 Å². The molecule has 4 rings (SSSR count). The van der Waals surface area contributed by atoms with Crippen molar-refractivity contribution in [3.63, 3.8) is 0 Å². The summed E-state index contributed by atoms with van der Waals surface area (Å²) in [6, 6.07) is 37.2. The number of aryl methyl sites for hydroxylation is 2. The second kappa shape index (κ2) is 9.77. The van der Waals surface area contributed by atoms with Crippen molar-refractivity contribution in [1.29, 1.82) is 0 Å². The maximum atomic E-state index is 5.03. The van der Waals surface area contributed by atoms with Crippen LogP contribution >= 0.6 is 0 Å². The van der Waals surface area contributed by atoms with Crippen LogP contribution < -0.4 is 10.6 Å². The maximum absolute atomic E-state index is 5.03. The topological polar surface area (TPSA) is 36.4 Å². The van der Waals surface area contributed by atoms with Crippen molar-refractivity contribution < 1.29 is 0 Å². The molecule has 1 atom stereocenters. The van der Waals surface area contributed by atoms with Gasteiger partial charge < -0.3 is 10.6 Å². The Labute approximate surface area is 184 Å². The molecule has 0 aliphatic heterocycles. The number of rotatable bonds is 6. The molecule has 0 fully saturated rings. The van der Waals surface area contributed by atoms with Crippen molar-refractivity contribution in [3.8, 4) is 0 Å². The first-order chi connectivity index (χ1) is 15.2. The van der Waals surface area contributed by atoms with Crippen LogP contribution in [0, 0.1) is 13.8 Å². The van der Waals surface area contributed by atoms with E-state index < -0.39 is 0 Å². The molecule has 0 saturated carbocycles. The van der Waals surface area contributed by atoms with Gasteiger partial charge in [0.1, 0.15) is 11.9 Å². The zero-order chi connectivity index (χ0) is 21.5. The Morgan fingerprint density at radius 2 is 1.16 bits per heavy atom. The zero-order valence-electron chi connectivity index (χ0n) is 17.9. The minimum Gasteiger partial charge on any atom is -0.372 e. The molecule has 31 heavy (non-hydrogen) atoms. The highest BCUT2D eigenvalue weighted by Gasteiger charge is 2.19. The Balaban J connectivity index is 1.78. The van der Waals surface area contributed by atoms with E-state index in [9.17, 15) is 0 Å². The van der Waals surface area contributed by atoms with Crippen molar-refractivity contribution in [2.24, 2.45) is 4.99 Å². The van der Waals surface area contributed by atoms with Crippen LogP contribution in [0.2, 0.25) is 0 Å². The molecular formula is C28H27N3. The van der Waals surface area contributed by atoms with Crippen molar-refractivity contribution in [3.05, 3.63) is 126 Å². The molecule has 0 bridgehead atoms. The molecule has 0 saturated heterocycles. The van der Waals surface area contributed by atoms with Gasteiger partial charge in [0, 0.05) is 11.4 Å². The van der Waals surface area contributed by atoms with Gasteiger partial charge in [0.25, 0.3) is 0 Å². The Morgan fingerprint density at radius 1 is 0.613 bits per heavy atom. The fourth-order valence-corrected chi connectivity index (χ4v) is 3.36. The summed E-state index contributed by atoms with van der Waals surface area (Å²) in [4.78, 5) is 5.03. The van der Waals surface area contributed by atoms with Crippen LogP contribution in [-0.2, 0) is 0 Å². The van der Waals surface area contributed by atoms with Gasteiger partial charge in [-0.2, -0.15) is 0 Å². The van der Waals surface area contributed by atoms with E-state index in [0.29, 0.717) is 0 Å². The van der Waals surface area contributed by atoms with E-state index in [0.717, 1.165) is 28.5 Å². The predicted molar refractivity (Wildman–Crippen MR) is 132 cm³/mol. The molecule has 0 aliphatic rings. The quantitative estimate of drug-likeness (QED) is 0.261. The summed E-state index contributed by atoms with van der Waals surface area (Å²) >= 11 is 0. The van der Waals surface area contributed by atoms with Crippen molar-refractivity contribution in [1.82, 2.24) is 0 Å². The Morgan fingerprint density at radius 3 is 1.77 bits per heavy atom. The highest BCUT2D eigenvalue weighted by molar-refractivity contribution is 6.03. The van der Waals surface area contributed by atoms with Gasteiger partial charge in [-0.3, -0.25) is 0 Å². The fourth-order valence-electron chi connectivity index (χ4n) is 3.36. The molecule has 4 aromatic rings. The van der Waals surface area contributed by atoms with Crippen LogP contribution in [0.1, 0.15) is 22.7 Å². The van der Waals surface area contributed by atoms with Gasteiger partial charge in [0.15, 0.2) is 0 Å². The Kier molecular flexibility index (Phi) is 6.44. The van der Waals surface area contributed by atoms with Gasteiger partial charge in [-0.05, 0) is 55.8 Å². The average molecular weight is 406 g/mol. The number of benzene rings is 4. The third kappa shape index (κ3) is 5.61. The normalized spacial score (nSPS) is 12.3. The molecule has 0 aromatic heterocycles. The molecule has 3 heteroatoms. The molecular weight excluding hydrogens is 378 g/mol. The average Bonchev–Trinajstić information content (AvgIpc) is 2.81. The van der Waals surface area contributed by atoms with Crippen molar-refractivity contribution in [2.75, 3.05) is 10.6 Å². The van der Waals surface area contributed by atoms with Gasteiger partial charge in [-0.1, -0.05) is 83.9 Å². The highest BCUT2D eigenvalue weighted by atomic mass is 15.1. The number of amidine groups is 1. The van der Waals surface area contributed by atoms with Crippen LogP contribution in [0.25, 0.3) is 0 Å². The first-order valence-corrected chi connectivity index (χ1v) is 10.5. The first-order valence-electron chi connectivity index (χ1n) is 10.5. The van der Waals surface area contributed by atoms with Crippen LogP contribution in [-0.4, -0.2) is 5.84 Å². The predicted octanol–water partition coefficient (Wildman–Crippen LogP) is 7.30. The van der Waals surface area contributed by atoms with Gasteiger partial charge in [-0.15, -0.1) is 0 Å². The number of nitrogens with one attached hydrogen (secondary N) is 2.